The Hall–Kier alpha value is -1.70. The van der Waals surface area contributed by atoms with Crippen molar-refractivity contribution in [1.82, 2.24) is 0 Å². The number of fused-ring (bicyclic) bond motifs is 1. The largest absolute Gasteiger partial charge is 0.493 e. The van der Waals surface area contributed by atoms with Crippen LogP contribution in [0, 0.1) is 0 Å². The fraction of sp³-hybridized carbons (Fsp3) is 0.556. The molecular weight excluding hydrogens is 340 g/mol. The lowest BCUT2D eigenvalue weighted by molar-refractivity contribution is 0.0442. The SMILES string of the molecule is CCCOc1c([Si](C)(OCCC)OCCC)ccc2c1C(=O)OC2=O. The molecule has 0 aliphatic carbocycles. The van der Waals surface area contributed by atoms with E-state index in [0.717, 1.165) is 24.4 Å². The van der Waals surface area contributed by atoms with Crippen LogP contribution in [0.25, 0.3) is 0 Å². The normalized spacial score (nSPS) is 13.8. The van der Waals surface area contributed by atoms with E-state index in [2.05, 4.69) is 0 Å². The van der Waals surface area contributed by atoms with Crippen LogP contribution in [-0.2, 0) is 13.6 Å². The Morgan fingerprint density at radius 1 is 0.920 bits per heavy atom. The zero-order valence-corrected chi connectivity index (χ0v) is 16.3. The molecule has 1 heterocycles. The van der Waals surface area contributed by atoms with E-state index < -0.39 is 20.5 Å². The van der Waals surface area contributed by atoms with Gasteiger partial charge in [-0.15, -0.1) is 0 Å². The smallest absolute Gasteiger partial charge is 0.373 e. The van der Waals surface area contributed by atoms with Gasteiger partial charge < -0.3 is 18.3 Å². The predicted octanol–water partition coefficient (Wildman–Crippen LogP) is 2.92. The number of benzene rings is 1. The Morgan fingerprint density at radius 2 is 1.52 bits per heavy atom. The Labute approximate surface area is 149 Å². The molecule has 0 bridgehead atoms. The summed E-state index contributed by atoms with van der Waals surface area (Å²) in [6, 6.07) is 3.38. The third kappa shape index (κ3) is 4.11. The minimum atomic E-state index is -2.80. The monoisotopic (exact) mass is 366 g/mol. The van der Waals surface area contributed by atoms with Crippen molar-refractivity contribution < 1.29 is 27.9 Å². The Morgan fingerprint density at radius 3 is 2.08 bits per heavy atom. The molecule has 25 heavy (non-hydrogen) atoms. The van der Waals surface area contributed by atoms with Crippen molar-refractivity contribution in [2.45, 2.75) is 46.6 Å². The van der Waals surface area contributed by atoms with E-state index in [-0.39, 0.29) is 11.1 Å². The van der Waals surface area contributed by atoms with E-state index >= 15 is 0 Å². The third-order valence-corrected chi connectivity index (χ3v) is 6.75. The number of hydrogen-bond donors (Lipinski definition) is 0. The average molecular weight is 366 g/mol. The van der Waals surface area contributed by atoms with Gasteiger partial charge in [-0.2, -0.15) is 0 Å². The molecule has 0 fully saturated rings. The maximum Gasteiger partial charge on any atom is 0.373 e. The molecule has 1 aromatic carbocycles. The number of ether oxygens (including phenoxy) is 2. The van der Waals surface area contributed by atoms with Gasteiger partial charge in [0, 0.05) is 18.4 Å². The maximum absolute atomic E-state index is 12.2. The summed E-state index contributed by atoms with van der Waals surface area (Å²) in [7, 11) is -2.80. The summed E-state index contributed by atoms with van der Waals surface area (Å²) in [6.45, 7) is 9.52. The van der Waals surface area contributed by atoms with Gasteiger partial charge in [0.05, 0.1) is 12.2 Å². The van der Waals surface area contributed by atoms with Gasteiger partial charge in [-0.3, -0.25) is 0 Å². The van der Waals surface area contributed by atoms with Gasteiger partial charge in [0.25, 0.3) is 0 Å². The number of carbonyl (C=O) groups excluding carboxylic acids is 2. The first-order valence-corrected chi connectivity index (χ1v) is 11.1. The van der Waals surface area contributed by atoms with E-state index in [0.29, 0.717) is 25.6 Å². The van der Waals surface area contributed by atoms with Crippen LogP contribution in [0.1, 0.15) is 60.7 Å². The molecule has 0 atom stereocenters. The molecule has 0 N–H and O–H groups in total. The second-order valence-electron chi connectivity index (χ2n) is 6.03. The van der Waals surface area contributed by atoms with Crippen LogP contribution in [-0.4, -0.2) is 40.3 Å². The molecule has 0 unspecified atom stereocenters. The highest BCUT2D eigenvalue weighted by Gasteiger charge is 2.43. The summed E-state index contributed by atoms with van der Waals surface area (Å²) in [5.41, 5.74) is 0.428. The summed E-state index contributed by atoms with van der Waals surface area (Å²) < 4.78 is 22.9. The van der Waals surface area contributed by atoms with Gasteiger partial charge in [0.1, 0.15) is 11.3 Å². The summed E-state index contributed by atoms with van der Waals surface area (Å²) in [5, 5.41) is 0.730. The molecule has 1 aliphatic heterocycles. The summed E-state index contributed by atoms with van der Waals surface area (Å²) >= 11 is 0. The maximum atomic E-state index is 12.2. The number of cyclic esters (lactones) is 2. The first-order valence-electron chi connectivity index (χ1n) is 8.83. The zero-order chi connectivity index (χ0) is 18.4. The van der Waals surface area contributed by atoms with Gasteiger partial charge >= 0.3 is 20.5 Å². The topological polar surface area (TPSA) is 71.1 Å². The van der Waals surface area contributed by atoms with E-state index in [1.54, 1.807) is 12.1 Å². The van der Waals surface area contributed by atoms with Gasteiger partial charge in [-0.25, -0.2) is 9.59 Å². The van der Waals surface area contributed by atoms with Crippen LogP contribution in [0.2, 0.25) is 6.55 Å². The number of hydrogen-bond acceptors (Lipinski definition) is 6. The lowest BCUT2D eigenvalue weighted by atomic mass is 10.1. The summed E-state index contributed by atoms with van der Waals surface area (Å²) in [4.78, 5) is 24.0. The first-order chi connectivity index (χ1) is 12.0. The second kappa shape index (κ2) is 8.60. The highest BCUT2D eigenvalue weighted by molar-refractivity contribution is 6.80. The first kappa shape index (κ1) is 19.6. The van der Waals surface area contributed by atoms with E-state index in [1.807, 2.05) is 27.3 Å². The van der Waals surface area contributed by atoms with E-state index in [4.69, 9.17) is 18.3 Å². The van der Waals surface area contributed by atoms with Crippen LogP contribution >= 0.6 is 0 Å². The highest BCUT2D eigenvalue weighted by atomic mass is 28.4. The van der Waals surface area contributed by atoms with Crippen molar-refractivity contribution >= 4 is 25.7 Å². The van der Waals surface area contributed by atoms with Crippen molar-refractivity contribution in [2.75, 3.05) is 19.8 Å². The average Bonchev–Trinajstić information content (AvgIpc) is 2.90. The van der Waals surface area contributed by atoms with Crippen molar-refractivity contribution in [3.63, 3.8) is 0 Å². The van der Waals surface area contributed by atoms with Crippen molar-refractivity contribution in [3.05, 3.63) is 23.3 Å². The van der Waals surface area contributed by atoms with E-state index in [9.17, 15) is 9.59 Å². The second-order valence-corrected chi connectivity index (χ2v) is 9.04. The molecule has 0 amide bonds. The molecule has 0 aromatic heterocycles. The Balaban J connectivity index is 2.55. The van der Waals surface area contributed by atoms with E-state index in [1.165, 1.54) is 0 Å². The molecule has 7 heteroatoms. The van der Waals surface area contributed by atoms with Crippen LogP contribution in [0.5, 0.6) is 5.75 Å². The third-order valence-electron chi connectivity index (χ3n) is 3.87. The quantitative estimate of drug-likeness (QED) is 0.360. The zero-order valence-electron chi connectivity index (χ0n) is 15.3. The number of carbonyl (C=O) groups is 2. The molecule has 1 aromatic rings. The summed E-state index contributed by atoms with van der Waals surface area (Å²) in [6.07, 6.45) is 2.49. The molecule has 0 spiro atoms. The minimum Gasteiger partial charge on any atom is -0.493 e. The van der Waals surface area contributed by atoms with Gasteiger partial charge in [0.15, 0.2) is 0 Å². The lowest BCUT2D eigenvalue weighted by Crippen LogP contribution is -2.52. The molecule has 0 saturated carbocycles. The molecule has 138 valence electrons. The van der Waals surface area contributed by atoms with Crippen molar-refractivity contribution in [1.29, 1.82) is 0 Å². The molecule has 1 aliphatic rings. The fourth-order valence-corrected chi connectivity index (χ4v) is 5.23. The molecular formula is C18H26O6Si. The molecule has 0 saturated heterocycles. The molecule has 0 radical (unpaired) electrons. The van der Waals surface area contributed by atoms with Crippen LogP contribution in [0.3, 0.4) is 0 Å². The van der Waals surface area contributed by atoms with Crippen molar-refractivity contribution in [2.24, 2.45) is 0 Å². The van der Waals surface area contributed by atoms with Crippen LogP contribution in [0.4, 0.5) is 0 Å². The standard InChI is InChI=1S/C18H26O6Si/c1-5-10-21-16-14(25(4,22-11-6-2)23-12-7-3)9-8-13-15(16)18(20)24-17(13)19/h8-9H,5-7,10-12H2,1-4H3. The van der Waals surface area contributed by atoms with Gasteiger partial charge in [-0.1, -0.05) is 26.8 Å². The van der Waals surface area contributed by atoms with Gasteiger partial charge in [-0.05, 0) is 31.9 Å². The Bertz CT molecular complexity index is 635. The van der Waals surface area contributed by atoms with Crippen molar-refractivity contribution in [3.8, 4) is 5.75 Å². The minimum absolute atomic E-state index is 0.190. The number of esters is 2. The molecule has 2 rings (SSSR count). The van der Waals surface area contributed by atoms with Crippen LogP contribution in [0.15, 0.2) is 12.1 Å². The lowest BCUT2D eigenvalue weighted by Gasteiger charge is -2.29. The highest BCUT2D eigenvalue weighted by Crippen LogP contribution is 2.30. The molecule has 6 nitrogen and oxygen atoms in total. The van der Waals surface area contributed by atoms with Crippen LogP contribution < -0.4 is 9.92 Å². The number of rotatable bonds is 10. The fourth-order valence-electron chi connectivity index (χ4n) is 2.65. The Kier molecular flexibility index (Phi) is 6.75. The van der Waals surface area contributed by atoms with Gasteiger partial charge in [0.2, 0.25) is 0 Å². The summed E-state index contributed by atoms with van der Waals surface area (Å²) in [5.74, 6) is -0.938. The predicted molar refractivity (Wildman–Crippen MR) is 95.7 cm³/mol.